The quantitative estimate of drug-likeness (QED) is 0.773. The minimum atomic E-state index is 0.116. The van der Waals surface area contributed by atoms with Gasteiger partial charge in [-0.3, -0.25) is 14.5 Å². The van der Waals surface area contributed by atoms with Gasteiger partial charge < -0.3 is 4.90 Å². The van der Waals surface area contributed by atoms with Gasteiger partial charge in [0, 0.05) is 37.7 Å². The van der Waals surface area contributed by atoms with Crippen molar-refractivity contribution in [3.8, 4) is 0 Å². The van der Waals surface area contributed by atoms with Crippen LogP contribution in [-0.2, 0) is 9.59 Å². The van der Waals surface area contributed by atoms with Gasteiger partial charge in [0.25, 0.3) is 0 Å². The Kier molecular flexibility index (Phi) is 4.67. The summed E-state index contributed by atoms with van der Waals surface area (Å²) in [6.07, 6.45) is 2.97. The van der Waals surface area contributed by atoms with Gasteiger partial charge in [0.05, 0.1) is 0 Å². The fourth-order valence-corrected chi connectivity index (χ4v) is 3.95. The van der Waals surface area contributed by atoms with E-state index in [1.165, 1.54) is 24.6 Å². The number of likely N-dealkylation sites (N-methyl/N-ethyl adjacent to an activating group) is 1. The number of amides is 1. The molecule has 2 rings (SSSR count). The summed E-state index contributed by atoms with van der Waals surface area (Å²) in [7, 11) is 0. The van der Waals surface area contributed by atoms with E-state index in [-0.39, 0.29) is 16.3 Å². The maximum absolute atomic E-state index is 11.9. The van der Waals surface area contributed by atoms with Crippen molar-refractivity contribution in [2.45, 2.75) is 44.4 Å². The summed E-state index contributed by atoms with van der Waals surface area (Å²) in [5.74, 6) is 0.219. The van der Waals surface area contributed by atoms with E-state index in [2.05, 4.69) is 11.8 Å². The van der Waals surface area contributed by atoms with Gasteiger partial charge in [-0.05, 0) is 25.9 Å². The maximum atomic E-state index is 11.9. The third-order valence-corrected chi connectivity index (χ3v) is 4.83. The van der Waals surface area contributed by atoms with Crippen molar-refractivity contribution in [1.82, 2.24) is 9.80 Å². The van der Waals surface area contributed by atoms with Crippen LogP contribution >= 0.6 is 11.8 Å². The zero-order chi connectivity index (χ0) is 13.1. The number of thioether (sulfide) groups is 1. The predicted octanol–water partition coefficient (Wildman–Crippen LogP) is 1.35. The van der Waals surface area contributed by atoms with Crippen LogP contribution in [-0.4, -0.2) is 58.3 Å². The Labute approximate surface area is 113 Å². The molecule has 0 aromatic heterocycles. The van der Waals surface area contributed by atoms with Crippen LogP contribution in [0.3, 0.4) is 0 Å². The molecule has 0 radical (unpaired) electrons. The molecular formula is C13H22N2O2S. The molecule has 102 valence electrons. The maximum Gasteiger partial charge on any atom is 0.223 e. The molecule has 4 nitrogen and oxygen atoms in total. The molecule has 2 atom stereocenters. The minimum absolute atomic E-state index is 0.116. The monoisotopic (exact) mass is 270 g/mol. The number of hydrogen-bond donors (Lipinski definition) is 0. The van der Waals surface area contributed by atoms with Gasteiger partial charge in [-0.1, -0.05) is 18.7 Å². The van der Waals surface area contributed by atoms with Crippen molar-refractivity contribution in [3.05, 3.63) is 0 Å². The first-order chi connectivity index (χ1) is 8.60. The molecule has 5 heteroatoms. The van der Waals surface area contributed by atoms with Crippen LogP contribution in [0.15, 0.2) is 0 Å². The normalized spacial score (nSPS) is 29.2. The fourth-order valence-electron chi connectivity index (χ4n) is 3.00. The number of hydrogen-bond acceptors (Lipinski definition) is 4. The van der Waals surface area contributed by atoms with Gasteiger partial charge >= 0.3 is 0 Å². The lowest BCUT2D eigenvalue weighted by atomic mass is 10.2. The molecule has 0 aromatic rings. The van der Waals surface area contributed by atoms with Gasteiger partial charge in [-0.2, -0.15) is 0 Å². The molecule has 0 aromatic carbocycles. The Bertz CT molecular complexity index is 335. The van der Waals surface area contributed by atoms with Crippen molar-refractivity contribution < 1.29 is 9.59 Å². The lowest BCUT2D eigenvalue weighted by Crippen LogP contribution is -2.41. The van der Waals surface area contributed by atoms with Crippen molar-refractivity contribution in [1.29, 1.82) is 0 Å². The highest BCUT2D eigenvalue weighted by atomic mass is 32.2. The smallest absolute Gasteiger partial charge is 0.223 e. The molecular weight excluding hydrogens is 248 g/mol. The van der Waals surface area contributed by atoms with Crippen molar-refractivity contribution >= 4 is 22.8 Å². The first-order valence-corrected chi connectivity index (χ1v) is 7.67. The first kappa shape index (κ1) is 13.9. The molecule has 2 saturated heterocycles. The van der Waals surface area contributed by atoms with Crippen molar-refractivity contribution in [3.63, 3.8) is 0 Å². The van der Waals surface area contributed by atoms with Gasteiger partial charge in [0.1, 0.15) is 0 Å². The summed E-state index contributed by atoms with van der Waals surface area (Å²) < 4.78 is 0. The highest BCUT2D eigenvalue weighted by Gasteiger charge is 2.34. The zero-order valence-corrected chi connectivity index (χ0v) is 12.0. The molecule has 0 bridgehead atoms. The van der Waals surface area contributed by atoms with E-state index in [1.54, 1.807) is 6.92 Å². The molecule has 0 saturated carbocycles. The summed E-state index contributed by atoms with van der Waals surface area (Å²) >= 11 is 1.32. The average molecular weight is 270 g/mol. The van der Waals surface area contributed by atoms with Crippen LogP contribution < -0.4 is 0 Å². The molecule has 0 N–H and O–H groups in total. The Morgan fingerprint density at radius 2 is 2.28 bits per heavy atom. The molecule has 2 aliphatic heterocycles. The van der Waals surface area contributed by atoms with Crippen molar-refractivity contribution in [2.24, 2.45) is 0 Å². The van der Waals surface area contributed by atoms with E-state index < -0.39 is 0 Å². The highest BCUT2D eigenvalue weighted by Crippen LogP contribution is 2.26. The van der Waals surface area contributed by atoms with E-state index in [4.69, 9.17) is 0 Å². The second-order valence-electron chi connectivity index (χ2n) is 5.16. The van der Waals surface area contributed by atoms with Crippen LogP contribution in [0.5, 0.6) is 0 Å². The van der Waals surface area contributed by atoms with Gasteiger partial charge in [-0.15, -0.1) is 0 Å². The Morgan fingerprint density at radius 1 is 1.50 bits per heavy atom. The minimum Gasteiger partial charge on any atom is -0.340 e. The van der Waals surface area contributed by atoms with E-state index >= 15 is 0 Å². The second kappa shape index (κ2) is 6.06. The lowest BCUT2D eigenvalue weighted by Gasteiger charge is -2.27. The van der Waals surface area contributed by atoms with E-state index in [1.807, 2.05) is 4.90 Å². The fraction of sp³-hybridized carbons (Fsp3) is 0.846. The molecule has 0 spiro atoms. The number of carbonyl (C=O) groups is 2. The third-order valence-electron chi connectivity index (χ3n) is 3.85. The summed E-state index contributed by atoms with van der Waals surface area (Å²) in [5, 5.41) is 0.289. The SMILES string of the molecule is CCN1CCCC1CN1CC(SC(C)=O)CC1=O. The Morgan fingerprint density at radius 3 is 2.94 bits per heavy atom. The summed E-state index contributed by atoms with van der Waals surface area (Å²) in [5.41, 5.74) is 0. The highest BCUT2D eigenvalue weighted by molar-refractivity contribution is 8.14. The molecule has 2 unspecified atom stereocenters. The molecule has 1 amide bonds. The van der Waals surface area contributed by atoms with Gasteiger partial charge in [0.2, 0.25) is 5.91 Å². The number of rotatable bonds is 4. The first-order valence-electron chi connectivity index (χ1n) is 6.79. The lowest BCUT2D eigenvalue weighted by molar-refractivity contribution is -0.128. The Balaban J connectivity index is 1.86. The van der Waals surface area contributed by atoms with Crippen LogP contribution in [0.1, 0.15) is 33.1 Å². The van der Waals surface area contributed by atoms with Crippen LogP contribution in [0.25, 0.3) is 0 Å². The second-order valence-corrected chi connectivity index (χ2v) is 6.64. The van der Waals surface area contributed by atoms with E-state index in [0.29, 0.717) is 12.5 Å². The number of likely N-dealkylation sites (tertiary alicyclic amines) is 2. The largest absolute Gasteiger partial charge is 0.340 e. The zero-order valence-electron chi connectivity index (χ0n) is 11.2. The summed E-state index contributed by atoms with van der Waals surface area (Å²) in [4.78, 5) is 27.4. The molecule has 0 aliphatic carbocycles. The van der Waals surface area contributed by atoms with E-state index in [9.17, 15) is 9.59 Å². The summed E-state index contributed by atoms with van der Waals surface area (Å²) in [6, 6.07) is 0.528. The predicted molar refractivity (Wildman–Crippen MR) is 73.5 cm³/mol. The van der Waals surface area contributed by atoms with Gasteiger partial charge in [-0.25, -0.2) is 0 Å². The Hall–Kier alpha value is -0.550. The topological polar surface area (TPSA) is 40.6 Å². The molecule has 2 heterocycles. The van der Waals surface area contributed by atoms with Crippen LogP contribution in [0.2, 0.25) is 0 Å². The molecule has 2 fully saturated rings. The average Bonchev–Trinajstić information content (AvgIpc) is 2.86. The molecule has 18 heavy (non-hydrogen) atoms. The summed E-state index contributed by atoms with van der Waals surface area (Å²) in [6.45, 7) is 7.58. The van der Waals surface area contributed by atoms with Crippen molar-refractivity contribution in [2.75, 3.05) is 26.2 Å². The third kappa shape index (κ3) is 3.26. The van der Waals surface area contributed by atoms with Crippen LogP contribution in [0.4, 0.5) is 0 Å². The van der Waals surface area contributed by atoms with Crippen LogP contribution in [0, 0.1) is 0 Å². The van der Waals surface area contributed by atoms with E-state index in [0.717, 1.165) is 26.2 Å². The van der Waals surface area contributed by atoms with Gasteiger partial charge in [0.15, 0.2) is 5.12 Å². The number of nitrogens with zero attached hydrogens (tertiary/aromatic N) is 2. The standard InChI is InChI=1S/C13H22N2O2S/c1-3-14-6-4-5-11(14)8-15-9-12(7-13(15)17)18-10(2)16/h11-12H,3-9H2,1-2H3. The molecule has 2 aliphatic rings. The number of carbonyl (C=O) groups excluding carboxylic acids is 2.